The van der Waals surface area contributed by atoms with E-state index in [0.717, 1.165) is 12.2 Å². The van der Waals surface area contributed by atoms with E-state index >= 15 is 0 Å². The van der Waals surface area contributed by atoms with Crippen molar-refractivity contribution in [3.05, 3.63) is 24.2 Å². The van der Waals surface area contributed by atoms with Gasteiger partial charge in [-0.05, 0) is 31.4 Å². The molecule has 4 atom stereocenters. The van der Waals surface area contributed by atoms with Crippen molar-refractivity contribution in [2.45, 2.75) is 44.4 Å². The molecule has 5 heteroatoms. The molecule has 1 aromatic heterocycles. The van der Waals surface area contributed by atoms with Gasteiger partial charge in [-0.25, -0.2) is 0 Å². The van der Waals surface area contributed by atoms with Crippen molar-refractivity contribution in [1.29, 1.82) is 0 Å². The number of carbonyl (C=O) groups excluding carboxylic acids is 1. The minimum absolute atomic E-state index is 0.0610. The Hall–Kier alpha value is -1.33. The predicted octanol–water partition coefficient (Wildman–Crippen LogP) is 0.00870. The number of rotatable bonds is 3. The molecule has 2 heterocycles. The molecule has 1 aromatic rings. The summed E-state index contributed by atoms with van der Waals surface area (Å²) in [5.41, 5.74) is 0. The molecule has 1 amide bonds. The molecular formula is C15H23N2O3+. The standard InChI is InChI=1S/C15H22N2O3/c18-14-11-5-1-2-6-13(11)16-9-12(14)15(19)17-8-10-4-3-7-20-10/h3-4,7,11-14,16,18H,1-2,5-6,8-9H2,(H,17,19)/p+1. The first-order valence-corrected chi connectivity index (χ1v) is 7.57. The number of aliphatic hydroxyl groups is 1. The molecule has 1 aliphatic heterocycles. The molecule has 20 heavy (non-hydrogen) atoms. The molecule has 0 bridgehead atoms. The first kappa shape index (κ1) is 13.6. The highest BCUT2D eigenvalue weighted by molar-refractivity contribution is 5.79. The van der Waals surface area contributed by atoms with E-state index in [1.807, 2.05) is 6.07 Å². The maximum absolute atomic E-state index is 12.2. The van der Waals surface area contributed by atoms with E-state index in [4.69, 9.17) is 4.42 Å². The lowest BCUT2D eigenvalue weighted by Crippen LogP contribution is -2.97. The largest absolute Gasteiger partial charge is 0.467 e. The van der Waals surface area contributed by atoms with Gasteiger partial charge in [0.25, 0.3) is 0 Å². The number of quaternary nitrogens is 1. The molecular weight excluding hydrogens is 256 g/mol. The van der Waals surface area contributed by atoms with Gasteiger partial charge in [-0.1, -0.05) is 6.42 Å². The average molecular weight is 279 g/mol. The molecule has 0 spiro atoms. The zero-order chi connectivity index (χ0) is 13.9. The third-order valence-electron chi connectivity index (χ3n) is 4.77. The van der Waals surface area contributed by atoms with Crippen LogP contribution in [0, 0.1) is 11.8 Å². The second kappa shape index (κ2) is 5.97. The quantitative estimate of drug-likeness (QED) is 0.729. The monoisotopic (exact) mass is 279 g/mol. The molecule has 4 unspecified atom stereocenters. The van der Waals surface area contributed by atoms with E-state index in [-0.39, 0.29) is 17.7 Å². The van der Waals surface area contributed by atoms with Crippen molar-refractivity contribution in [2.75, 3.05) is 6.54 Å². The fourth-order valence-corrected chi connectivity index (χ4v) is 3.64. The molecule has 1 saturated heterocycles. The van der Waals surface area contributed by atoms with Gasteiger partial charge in [0, 0.05) is 5.92 Å². The van der Waals surface area contributed by atoms with Gasteiger partial charge >= 0.3 is 0 Å². The van der Waals surface area contributed by atoms with Crippen LogP contribution in [0.4, 0.5) is 0 Å². The van der Waals surface area contributed by atoms with Gasteiger partial charge in [0.15, 0.2) is 0 Å². The Morgan fingerprint density at radius 3 is 3.10 bits per heavy atom. The number of piperidine rings is 1. The molecule has 2 fully saturated rings. The summed E-state index contributed by atoms with van der Waals surface area (Å²) in [4.78, 5) is 12.2. The lowest BCUT2D eigenvalue weighted by Gasteiger charge is -2.40. The Balaban J connectivity index is 1.57. The summed E-state index contributed by atoms with van der Waals surface area (Å²) in [6, 6.07) is 4.14. The van der Waals surface area contributed by atoms with E-state index in [1.165, 1.54) is 19.3 Å². The average Bonchev–Trinajstić information content (AvgIpc) is 2.99. The number of amides is 1. The highest BCUT2D eigenvalue weighted by Gasteiger charge is 2.45. The molecule has 5 nitrogen and oxygen atoms in total. The van der Waals surface area contributed by atoms with Crippen molar-refractivity contribution in [1.82, 2.24) is 5.32 Å². The van der Waals surface area contributed by atoms with Gasteiger partial charge in [-0.2, -0.15) is 0 Å². The summed E-state index contributed by atoms with van der Waals surface area (Å²) in [7, 11) is 0. The van der Waals surface area contributed by atoms with E-state index in [9.17, 15) is 9.90 Å². The van der Waals surface area contributed by atoms with Crippen LogP contribution < -0.4 is 10.6 Å². The van der Waals surface area contributed by atoms with E-state index < -0.39 is 6.10 Å². The minimum Gasteiger partial charge on any atom is -0.467 e. The van der Waals surface area contributed by atoms with Gasteiger partial charge in [-0.15, -0.1) is 0 Å². The molecule has 4 N–H and O–H groups in total. The summed E-state index contributed by atoms with van der Waals surface area (Å²) < 4.78 is 5.20. The fraction of sp³-hybridized carbons (Fsp3) is 0.667. The number of hydrogen-bond acceptors (Lipinski definition) is 3. The Bertz CT molecular complexity index is 446. The van der Waals surface area contributed by atoms with Crippen LogP contribution in [-0.2, 0) is 11.3 Å². The van der Waals surface area contributed by atoms with Crippen LogP contribution in [0.3, 0.4) is 0 Å². The highest BCUT2D eigenvalue weighted by atomic mass is 16.3. The van der Waals surface area contributed by atoms with Crippen LogP contribution in [0.1, 0.15) is 31.4 Å². The number of furan rings is 1. The van der Waals surface area contributed by atoms with Gasteiger partial charge in [0.2, 0.25) is 5.91 Å². The van der Waals surface area contributed by atoms with E-state index in [2.05, 4.69) is 10.6 Å². The maximum Gasteiger partial charge on any atom is 0.231 e. The first-order chi connectivity index (χ1) is 9.75. The minimum atomic E-state index is -0.498. The van der Waals surface area contributed by atoms with Crippen molar-refractivity contribution in [2.24, 2.45) is 11.8 Å². The lowest BCUT2D eigenvalue weighted by molar-refractivity contribution is -0.714. The van der Waals surface area contributed by atoms with Crippen LogP contribution in [-0.4, -0.2) is 29.7 Å². The Labute approximate surface area is 118 Å². The normalized spacial score (nSPS) is 33.5. The van der Waals surface area contributed by atoms with Crippen molar-refractivity contribution in [3.8, 4) is 0 Å². The molecule has 3 rings (SSSR count). The number of hydrogen-bond donors (Lipinski definition) is 3. The Morgan fingerprint density at radius 1 is 1.45 bits per heavy atom. The van der Waals surface area contributed by atoms with E-state index in [1.54, 1.807) is 12.3 Å². The van der Waals surface area contributed by atoms with Crippen LogP contribution in [0.25, 0.3) is 0 Å². The number of aliphatic hydroxyl groups excluding tert-OH is 1. The van der Waals surface area contributed by atoms with Gasteiger partial charge in [0.05, 0.1) is 31.5 Å². The van der Waals surface area contributed by atoms with Gasteiger partial charge in [-0.3, -0.25) is 4.79 Å². The Morgan fingerprint density at radius 2 is 2.30 bits per heavy atom. The lowest BCUT2D eigenvalue weighted by atomic mass is 9.74. The molecule has 1 aliphatic carbocycles. The molecule has 0 aromatic carbocycles. The summed E-state index contributed by atoms with van der Waals surface area (Å²) >= 11 is 0. The second-order valence-corrected chi connectivity index (χ2v) is 5.98. The SMILES string of the molecule is O=C(NCc1ccco1)C1C[NH2+]C2CCCCC2C1O. The van der Waals surface area contributed by atoms with Crippen LogP contribution in [0.2, 0.25) is 0 Å². The van der Waals surface area contributed by atoms with Crippen LogP contribution in [0.15, 0.2) is 22.8 Å². The van der Waals surface area contributed by atoms with Crippen molar-refractivity contribution >= 4 is 5.91 Å². The zero-order valence-electron chi connectivity index (χ0n) is 11.6. The topological polar surface area (TPSA) is 79.1 Å². The Kier molecular flexibility index (Phi) is 4.08. The number of nitrogens with two attached hydrogens (primary N) is 1. The molecule has 2 aliphatic rings. The van der Waals surface area contributed by atoms with E-state index in [0.29, 0.717) is 19.1 Å². The number of carbonyl (C=O) groups is 1. The summed E-state index contributed by atoms with van der Waals surface area (Å²) in [6.07, 6.45) is 5.73. The summed E-state index contributed by atoms with van der Waals surface area (Å²) in [5.74, 6) is 0.651. The molecule has 1 saturated carbocycles. The highest BCUT2D eigenvalue weighted by Crippen LogP contribution is 2.30. The molecule has 110 valence electrons. The van der Waals surface area contributed by atoms with Crippen LogP contribution >= 0.6 is 0 Å². The molecule has 0 radical (unpaired) electrons. The maximum atomic E-state index is 12.2. The van der Waals surface area contributed by atoms with Crippen LogP contribution in [0.5, 0.6) is 0 Å². The summed E-state index contributed by atoms with van der Waals surface area (Å²) in [6.45, 7) is 1.08. The third kappa shape index (κ3) is 2.74. The van der Waals surface area contributed by atoms with Gasteiger partial charge in [0.1, 0.15) is 11.7 Å². The van der Waals surface area contributed by atoms with Crippen molar-refractivity contribution < 1.29 is 19.6 Å². The number of nitrogens with one attached hydrogen (secondary N) is 1. The van der Waals surface area contributed by atoms with Gasteiger partial charge < -0.3 is 20.2 Å². The second-order valence-electron chi connectivity index (χ2n) is 5.98. The smallest absolute Gasteiger partial charge is 0.231 e. The zero-order valence-corrected chi connectivity index (χ0v) is 11.6. The first-order valence-electron chi connectivity index (χ1n) is 7.57. The third-order valence-corrected chi connectivity index (χ3v) is 4.77. The number of fused-ring (bicyclic) bond motifs is 1. The predicted molar refractivity (Wildman–Crippen MR) is 72.6 cm³/mol. The fourth-order valence-electron chi connectivity index (χ4n) is 3.64. The van der Waals surface area contributed by atoms with Crippen molar-refractivity contribution in [3.63, 3.8) is 0 Å². The summed E-state index contributed by atoms with van der Waals surface area (Å²) in [5, 5.41) is 15.6.